The van der Waals surface area contributed by atoms with Crippen LogP contribution < -0.4 is 49.1 Å². The first kappa shape index (κ1) is 34.4. The number of nitrogens with two attached hydrogens (primary N) is 3. The third-order valence-corrected chi connectivity index (χ3v) is 5.63. The molecule has 0 aromatic carbocycles. The number of carboxylic acids is 1. The van der Waals surface area contributed by atoms with Gasteiger partial charge >= 0.3 is 5.97 Å². The van der Waals surface area contributed by atoms with Crippen LogP contribution in [0.4, 0.5) is 5.82 Å². The summed E-state index contributed by atoms with van der Waals surface area (Å²) < 4.78 is 0.988. The molecule has 0 saturated heterocycles. The first-order valence-corrected chi connectivity index (χ1v) is 12.9. The number of hydrogen-bond acceptors (Lipinski definition) is 11. The van der Waals surface area contributed by atoms with Crippen LogP contribution in [0.25, 0.3) is 0 Å². The van der Waals surface area contributed by atoms with E-state index in [0.717, 1.165) is 10.9 Å². The van der Waals surface area contributed by atoms with Gasteiger partial charge in [0.05, 0.1) is 32.1 Å². The van der Waals surface area contributed by atoms with E-state index in [2.05, 4.69) is 47.2 Å². The summed E-state index contributed by atoms with van der Waals surface area (Å²) in [6.45, 7) is -1.78. The Labute approximate surface area is 248 Å². The Hall–Kier alpha value is -5.83. The molecule has 1 aliphatic heterocycles. The van der Waals surface area contributed by atoms with E-state index in [1.807, 2.05) is 0 Å². The van der Waals surface area contributed by atoms with Crippen LogP contribution in [0.5, 0.6) is 0 Å². The number of aromatic nitrogens is 3. The predicted molar refractivity (Wildman–Crippen MR) is 146 cm³/mol. The van der Waals surface area contributed by atoms with Crippen LogP contribution >= 0.6 is 0 Å². The van der Waals surface area contributed by atoms with Gasteiger partial charge in [-0.15, -0.1) is 5.10 Å². The molecule has 0 radical (unpaired) electrons. The SMILES string of the molecule is NC(=O)C[C@@H]1NC(=O)CNC(=O)Cn2cc(nn2)NC(=O)[C@H](CC(=O)O)NC(=O)CNC(=O)[C@H](CCCN=C(N)N)NC1=O. The van der Waals surface area contributed by atoms with Gasteiger partial charge in [-0.1, -0.05) is 5.21 Å². The number of primary amides is 1. The van der Waals surface area contributed by atoms with E-state index in [0.29, 0.717) is 0 Å². The van der Waals surface area contributed by atoms with Gasteiger partial charge in [-0.05, 0) is 12.8 Å². The molecule has 1 aromatic rings. The summed E-state index contributed by atoms with van der Waals surface area (Å²) >= 11 is 0. The summed E-state index contributed by atoms with van der Waals surface area (Å²) in [7, 11) is 0. The number of aliphatic imine (C=N–C) groups is 1. The number of rotatable bonds is 8. The van der Waals surface area contributed by atoms with Crippen LogP contribution in [0.1, 0.15) is 25.7 Å². The van der Waals surface area contributed by atoms with Crippen LogP contribution in [-0.4, -0.2) is 111 Å². The van der Waals surface area contributed by atoms with Gasteiger partial charge in [0.15, 0.2) is 11.8 Å². The van der Waals surface area contributed by atoms with E-state index in [1.54, 1.807) is 0 Å². The molecule has 2 heterocycles. The fourth-order valence-electron chi connectivity index (χ4n) is 3.65. The van der Waals surface area contributed by atoms with Crippen LogP contribution in [0.15, 0.2) is 11.2 Å². The maximum atomic E-state index is 13.0. The molecule has 13 N–H and O–H groups in total. The third kappa shape index (κ3) is 12.4. The Morgan fingerprint density at radius 2 is 1.50 bits per heavy atom. The summed E-state index contributed by atoms with van der Waals surface area (Å²) in [4.78, 5) is 103. The minimum Gasteiger partial charge on any atom is -0.481 e. The Morgan fingerprint density at radius 1 is 0.864 bits per heavy atom. The van der Waals surface area contributed by atoms with Gasteiger partial charge in [-0.2, -0.15) is 0 Å². The quantitative estimate of drug-likeness (QED) is 0.0732. The van der Waals surface area contributed by atoms with Gasteiger partial charge in [0.2, 0.25) is 41.4 Å². The van der Waals surface area contributed by atoms with Gasteiger partial charge < -0.3 is 54.2 Å². The second kappa shape index (κ2) is 16.6. The summed E-state index contributed by atoms with van der Waals surface area (Å²) in [6, 6.07) is -4.50. The van der Waals surface area contributed by atoms with E-state index in [9.17, 15) is 43.5 Å². The number of nitrogens with one attached hydrogen (secondary N) is 6. The Morgan fingerprint density at radius 3 is 2.11 bits per heavy atom. The van der Waals surface area contributed by atoms with Gasteiger partial charge in [0.1, 0.15) is 24.7 Å². The molecule has 22 heteroatoms. The molecule has 0 aliphatic carbocycles. The Bertz CT molecular complexity index is 1310. The van der Waals surface area contributed by atoms with Gasteiger partial charge in [-0.3, -0.25) is 43.3 Å². The molecule has 1 aromatic heterocycles. The molecule has 0 saturated carbocycles. The molecule has 2 bridgehead atoms. The first-order valence-electron chi connectivity index (χ1n) is 12.9. The number of carbonyl (C=O) groups is 8. The highest BCUT2D eigenvalue weighted by Crippen LogP contribution is 2.05. The van der Waals surface area contributed by atoms with Crippen LogP contribution in [0, 0.1) is 0 Å². The van der Waals surface area contributed by atoms with Crippen molar-refractivity contribution in [2.45, 2.75) is 50.4 Å². The van der Waals surface area contributed by atoms with Crippen molar-refractivity contribution in [1.29, 1.82) is 0 Å². The zero-order valence-electron chi connectivity index (χ0n) is 23.2. The molecule has 2 rings (SSSR count). The zero-order chi connectivity index (χ0) is 32.8. The first-order chi connectivity index (χ1) is 20.7. The smallest absolute Gasteiger partial charge is 0.305 e. The topological polar surface area (TPSA) is 350 Å². The number of fused-ring (bicyclic) bond motifs is 2. The molecule has 3 atom stereocenters. The highest BCUT2D eigenvalue weighted by molar-refractivity contribution is 5.99. The number of aliphatic carboxylic acids is 1. The Kier molecular flexibility index (Phi) is 12.9. The minimum atomic E-state index is -1.61. The lowest BCUT2D eigenvalue weighted by atomic mass is 10.1. The fourth-order valence-corrected chi connectivity index (χ4v) is 3.65. The van der Waals surface area contributed by atoms with Crippen LogP contribution in [-0.2, 0) is 44.9 Å². The number of hydrogen-bond donors (Lipinski definition) is 10. The molecule has 1 aliphatic rings. The molecular formula is C22H33N13O9. The lowest BCUT2D eigenvalue weighted by molar-refractivity contribution is -0.140. The lowest BCUT2D eigenvalue weighted by Gasteiger charge is -2.23. The van der Waals surface area contributed by atoms with E-state index in [1.165, 1.54) is 0 Å². The number of anilines is 1. The molecule has 0 unspecified atom stereocenters. The van der Waals surface area contributed by atoms with Gasteiger partial charge in [0.25, 0.3) is 0 Å². The average molecular weight is 624 g/mol. The maximum absolute atomic E-state index is 13.0. The van der Waals surface area contributed by atoms with Crippen molar-refractivity contribution in [2.24, 2.45) is 22.2 Å². The third-order valence-electron chi connectivity index (χ3n) is 5.63. The summed E-state index contributed by atoms with van der Waals surface area (Å²) in [5.41, 5.74) is 15.8. The van der Waals surface area contributed by atoms with E-state index >= 15 is 0 Å². The molecular weight excluding hydrogens is 590 g/mol. The molecule has 0 fully saturated rings. The van der Waals surface area contributed by atoms with Gasteiger partial charge in [-0.25, -0.2) is 4.68 Å². The van der Waals surface area contributed by atoms with Crippen molar-refractivity contribution in [1.82, 2.24) is 41.6 Å². The van der Waals surface area contributed by atoms with E-state index < -0.39 is 97.9 Å². The number of nitrogens with zero attached hydrogens (tertiary/aromatic N) is 4. The summed E-state index contributed by atoms with van der Waals surface area (Å²) in [5.74, 6) is -8.26. The van der Waals surface area contributed by atoms with Crippen molar-refractivity contribution in [3.63, 3.8) is 0 Å². The molecule has 7 amide bonds. The summed E-state index contributed by atoms with van der Waals surface area (Å²) in [6.07, 6.45) is -0.293. The highest BCUT2D eigenvalue weighted by atomic mass is 16.4. The molecule has 240 valence electrons. The number of amides is 7. The van der Waals surface area contributed by atoms with Gasteiger partial charge in [0, 0.05) is 6.54 Å². The average Bonchev–Trinajstić information content (AvgIpc) is 3.36. The fraction of sp³-hybridized carbons (Fsp3) is 0.500. The van der Waals surface area contributed by atoms with E-state index in [4.69, 9.17) is 17.2 Å². The van der Waals surface area contributed by atoms with Crippen molar-refractivity contribution in [3.05, 3.63) is 6.20 Å². The number of guanidine groups is 1. The van der Waals surface area contributed by atoms with Crippen LogP contribution in [0.2, 0.25) is 0 Å². The highest BCUT2D eigenvalue weighted by Gasteiger charge is 2.29. The monoisotopic (exact) mass is 623 g/mol. The minimum absolute atomic E-state index is 0.0586. The Balaban J connectivity index is 2.33. The largest absolute Gasteiger partial charge is 0.481 e. The normalized spacial score (nSPS) is 20.8. The lowest BCUT2D eigenvalue weighted by Crippen LogP contribution is -2.56. The summed E-state index contributed by atoms with van der Waals surface area (Å²) in [5, 5.41) is 30.1. The van der Waals surface area contributed by atoms with E-state index in [-0.39, 0.29) is 31.2 Å². The standard InChI is InChI=1S/C22H33N13O9/c23-13(36)4-11-20(43)31-10(2-1-3-26-22(24)25)19(42)28-7-16(38)30-12(5-18(40)41)21(44)32-14-8-35(34-33-14)9-17(39)27-6-15(37)29-11/h8,10-12H,1-7,9H2,(H2,23,36)(H,27,39)(H,28,42)(H,29,37)(H,30,38)(H,31,43)(H,32,44)(H,40,41)(H4,24,25,26)/t10-,11-,12-/m0/s1. The molecule has 22 nitrogen and oxygen atoms in total. The number of carbonyl (C=O) groups excluding carboxylic acids is 7. The van der Waals surface area contributed by atoms with Crippen molar-refractivity contribution >= 4 is 59.1 Å². The second-order valence-electron chi connectivity index (χ2n) is 9.30. The van der Waals surface area contributed by atoms with Crippen molar-refractivity contribution < 1.29 is 43.5 Å². The molecule has 0 spiro atoms. The van der Waals surface area contributed by atoms with Crippen LogP contribution in [0.3, 0.4) is 0 Å². The zero-order valence-corrected chi connectivity index (χ0v) is 23.2. The van der Waals surface area contributed by atoms with Crippen molar-refractivity contribution in [2.75, 3.05) is 25.0 Å². The number of carboxylic acid groups (broad SMARTS) is 1. The maximum Gasteiger partial charge on any atom is 0.305 e. The van der Waals surface area contributed by atoms with Crippen molar-refractivity contribution in [3.8, 4) is 0 Å². The predicted octanol–water partition coefficient (Wildman–Crippen LogP) is -6.68. The molecule has 44 heavy (non-hydrogen) atoms. The second-order valence-corrected chi connectivity index (χ2v) is 9.30.